The van der Waals surface area contributed by atoms with Crippen molar-refractivity contribution in [2.45, 2.75) is 13.0 Å². The molecule has 0 bridgehead atoms. The van der Waals surface area contributed by atoms with Crippen molar-refractivity contribution < 1.29 is 19.4 Å². The van der Waals surface area contributed by atoms with Crippen LogP contribution in [0.1, 0.15) is 24.1 Å². The molecule has 8 heteroatoms. The van der Waals surface area contributed by atoms with Crippen LogP contribution in [0.5, 0.6) is 5.75 Å². The molecule has 1 aromatic heterocycles. The molecule has 1 unspecified atom stereocenters. The number of fused-ring (bicyclic) bond motifs is 1. The fourth-order valence-corrected chi connectivity index (χ4v) is 4.31. The highest BCUT2D eigenvalue weighted by Crippen LogP contribution is 2.42. The zero-order valence-electron chi connectivity index (χ0n) is 18.8. The molecule has 1 atom stereocenters. The Hall–Kier alpha value is -3.29. The molecular formula is C25H26ClN3O4. The number of likely N-dealkylation sites (N-methyl/N-ethyl adjacent to an activating group) is 1. The molecular weight excluding hydrogens is 442 g/mol. The number of hydrogen-bond acceptors (Lipinski definition) is 5. The van der Waals surface area contributed by atoms with Crippen LogP contribution in [-0.2, 0) is 9.59 Å². The molecule has 33 heavy (non-hydrogen) atoms. The van der Waals surface area contributed by atoms with Gasteiger partial charge in [-0.1, -0.05) is 29.8 Å². The third kappa shape index (κ3) is 4.21. The minimum absolute atomic E-state index is 0.0493. The minimum Gasteiger partial charge on any atom is -0.507 e. The summed E-state index contributed by atoms with van der Waals surface area (Å²) in [6.45, 7) is 3.13. The van der Waals surface area contributed by atoms with Gasteiger partial charge in [0.2, 0.25) is 0 Å². The normalized spacial score (nSPS) is 18.0. The highest BCUT2D eigenvalue weighted by atomic mass is 35.5. The van der Waals surface area contributed by atoms with Crippen molar-refractivity contribution in [3.05, 3.63) is 70.4 Å². The summed E-state index contributed by atoms with van der Waals surface area (Å²) in [7, 11) is 3.81. The minimum atomic E-state index is -0.729. The topological polar surface area (TPSA) is 85.9 Å². The Kier molecular flexibility index (Phi) is 6.44. The number of para-hydroxylation sites is 1. The summed E-state index contributed by atoms with van der Waals surface area (Å²) in [5.41, 5.74) is 2.05. The molecule has 172 valence electrons. The van der Waals surface area contributed by atoms with E-state index in [0.717, 1.165) is 16.5 Å². The Morgan fingerprint density at radius 1 is 1.21 bits per heavy atom. The molecule has 1 aliphatic rings. The van der Waals surface area contributed by atoms with Crippen molar-refractivity contribution in [1.82, 2.24) is 14.8 Å². The van der Waals surface area contributed by atoms with Crippen LogP contribution in [0.25, 0.3) is 16.7 Å². The highest BCUT2D eigenvalue weighted by Gasteiger charge is 2.46. The SMILES string of the molecule is CCOc1cc(/C(O)=C2\C(=O)C(=O)N(CCN(C)C)C2c2c[nH]c3ccccc23)ccc1Cl. The molecule has 7 nitrogen and oxygen atoms in total. The highest BCUT2D eigenvalue weighted by molar-refractivity contribution is 6.46. The molecule has 1 fully saturated rings. The van der Waals surface area contributed by atoms with Gasteiger partial charge in [0.05, 0.1) is 23.2 Å². The number of nitrogens with zero attached hydrogens (tertiary/aromatic N) is 2. The van der Waals surface area contributed by atoms with E-state index < -0.39 is 17.7 Å². The average Bonchev–Trinajstić information content (AvgIpc) is 3.32. The van der Waals surface area contributed by atoms with Crippen molar-refractivity contribution in [3.63, 3.8) is 0 Å². The average molecular weight is 468 g/mol. The monoisotopic (exact) mass is 467 g/mol. The summed E-state index contributed by atoms with van der Waals surface area (Å²) >= 11 is 6.20. The molecule has 0 radical (unpaired) electrons. The number of aromatic nitrogens is 1. The Bertz CT molecular complexity index is 1250. The maximum absolute atomic E-state index is 13.2. The Labute approximate surface area is 197 Å². The van der Waals surface area contributed by atoms with Crippen LogP contribution in [0.15, 0.2) is 54.2 Å². The number of aliphatic hydroxyl groups excluding tert-OH is 1. The van der Waals surface area contributed by atoms with Crippen molar-refractivity contribution in [1.29, 1.82) is 0 Å². The van der Waals surface area contributed by atoms with E-state index in [1.165, 1.54) is 4.90 Å². The first kappa shape index (κ1) is 22.9. The van der Waals surface area contributed by atoms with E-state index in [4.69, 9.17) is 16.3 Å². The quantitative estimate of drug-likeness (QED) is 0.309. The summed E-state index contributed by atoms with van der Waals surface area (Å²) in [6, 6.07) is 11.7. The summed E-state index contributed by atoms with van der Waals surface area (Å²) in [5, 5.41) is 12.6. The van der Waals surface area contributed by atoms with Crippen LogP contribution in [-0.4, -0.2) is 65.4 Å². The number of amides is 1. The maximum Gasteiger partial charge on any atom is 0.295 e. The van der Waals surface area contributed by atoms with Gasteiger partial charge in [0.25, 0.3) is 11.7 Å². The number of benzene rings is 2. The number of Topliss-reactive ketones (excluding diaryl/α,β-unsaturated/α-hetero) is 1. The van der Waals surface area contributed by atoms with Crippen molar-refractivity contribution >= 4 is 40.0 Å². The van der Waals surface area contributed by atoms with Crippen LogP contribution < -0.4 is 4.74 Å². The fraction of sp³-hybridized carbons (Fsp3) is 0.280. The molecule has 0 aliphatic carbocycles. The standard InChI is InChI=1S/C25H26ClN3O4/c1-4-33-20-13-15(9-10-18(20)26)23(30)21-22(17-14-27-19-8-6-5-7-16(17)19)29(12-11-28(2)3)25(32)24(21)31/h5-10,13-14,22,27,30H,4,11-12H2,1-3H3/b23-21+. The molecule has 4 rings (SSSR count). The second-order valence-electron chi connectivity index (χ2n) is 8.16. The van der Waals surface area contributed by atoms with E-state index >= 15 is 0 Å². The number of aromatic amines is 1. The third-order valence-corrected chi connectivity index (χ3v) is 6.06. The first-order valence-electron chi connectivity index (χ1n) is 10.7. The van der Waals surface area contributed by atoms with E-state index in [1.807, 2.05) is 50.2 Å². The first-order chi connectivity index (χ1) is 15.8. The van der Waals surface area contributed by atoms with Gasteiger partial charge >= 0.3 is 0 Å². The molecule has 2 heterocycles. The Morgan fingerprint density at radius 3 is 2.70 bits per heavy atom. The van der Waals surface area contributed by atoms with Gasteiger partial charge in [-0.05, 0) is 45.3 Å². The molecule has 2 aromatic carbocycles. The summed E-state index contributed by atoms with van der Waals surface area (Å²) in [5.74, 6) is -1.20. The number of ether oxygens (including phenoxy) is 1. The van der Waals surface area contributed by atoms with Gasteiger partial charge in [0.1, 0.15) is 11.5 Å². The van der Waals surface area contributed by atoms with E-state index in [-0.39, 0.29) is 11.3 Å². The van der Waals surface area contributed by atoms with E-state index in [1.54, 1.807) is 24.4 Å². The smallest absolute Gasteiger partial charge is 0.295 e. The van der Waals surface area contributed by atoms with Gasteiger partial charge in [-0.2, -0.15) is 0 Å². The van der Waals surface area contributed by atoms with Crippen LogP contribution in [0.2, 0.25) is 5.02 Å². The maximum atomic E-state index is 13.2. The Morgan fingerprint density at radius 2 is 1.97 bits per heavy atom. The van der Waals surface area contributed by atoms with Crippen molar-refractivity contribution in [2.24, 2.45) is 0 Å². The second kappa shape index (κ2) is 9.29. The molecule has 1 amide bonds. The lowest BCUT2D eigenvalue weighted by Gasteiger charge is -2.26. The molecule has 2 N–H and O–H groups in total. The largest absolute Gasteiger partial charge is 0.507 e. The lowest BCUT2D eigenvalue weighted by atomic mass is 9.95. The lowest BCUT2D eigenvalue weighted by Crippen LogP contribution is -2.35. The van der Waals surface area contributed by atoms with Gasteiger partial charge in [-0.25, -0.2) is 0 Å². The van der Waals surface area contributed by atoms with Crippen LogP contribution in [0, 0.1) is 0 Å². The van der Waals surface area contributed by atoms with E-state index in [2.05, 4.69) is 4.98 Å². The molecule has 0 saturated carbocycles. The number of likely N-dealkylation sites (tertiary alicyclic amines) is 1. The van der Waals surface area contributed by atoms with Gasteiger partial charge in [-0.3, -0.25) is 9.59 Å². The molecule has 1 aliphatic heterocycles. The van der Waals surface area contributed by atoms with E-state index in [9.17, 15) is 14.7 Å². The first-order valence-corrected chi connectivity index (χ1v) is 11.1. The molecule has 3 aromatic rings. The molecule has 0 spiro atoms. The van der Waals surface area contributed by atoms with Gasteiger partial charge in [0.15, 0.2) is 0 Å². The number of halogens is 1. The number of carbonyl (C=O) groups excluding carboxylic acids is 2. The number of rotatable bonds is 7. The van der Waals surface area contributed by atoms with Crippen LogP contribution >= 0.6 is 11.6 Å². The van der Waals surface area contributed by atoms with E-state index in [0.29, 0.717) is 36.0 Å². The van der Waals surface area contributed by atoms with Gasteiger partial charge in [0, 0.05) is 41.3 Å². The zero-order chi connectivity index (χ0) is 23.7. The lowest BCUT2D eigenvalue weighted by molar-refractivity contribution is -0.140. The summed E-state index contributed by atoms with van der Waals surface area (Å²) in [6.07, 6.45) is 1.80. The second-order valence-corrected chi connectivity index (χ2v) is 8.57. The van der Waals surface area contributed by atoms with Gasteiger partial charge in [-0.15, -0.1) is 0 Å². The number of aliphatic hydroxyl groups is 1. The number of hydrogen-bond donors (Lipinski definition) is 2. The van der Waals surface area contributed by atoms with Crippen molar-refractivity contribution in [2.75, 3.05) is 33.8 Å². The zero-order valence-corrected chi connectivity index (χ0v) is 19.5. The summed E-state index contributed by atoms with van der Waals surface area (Å²) in [4.78, 5) is 33.0. The van der Waals surface area contributed by atoms with Gasteiger partial charge < -0.3 is 24.6 Å². The fourth-order valence-electron chi connectivity index (χ4n) is 4.13. The third-order valence-electron chi connectivity index (χ3n) is 5.75. The predicted octanol–water partition coefficient (Wildman–Crippen LogP) is 4.20. The van der Waals surface area contributed by atoms with Crippen LogP contribution in [0.4, 0.5) is 0 Å². The van der Waals surface area contributed by atoms with Crippen molar-refractivity contribution in [3.8, 4) is 5.75 Å². The van der Waals surface area contributed by atoms with Crippen LogP contribution in [0.3, 0.4) is 0 Å². The molecule has 1 saturated heterocycles. The number of ketones is 1. The number of nitrogens with one attached hydrogen (secondary N) is 1. The number of H-pyrrole nitrogens is 1. The number of carbonyl (C=O) groups is 2. The summed E-state index contributed by atoms with van der Waals surface area (Å²) < 4.78 is 5.54. The Balaban J connectivity index is 1.90. The predicted molar refractivity (Wildman–Crippen MR) is 128 cm³/mol.